The van der Waals surface area contributed by atoms with Crippen LogP contribution >= 0.6 is 0 Å². The maximum atomic E-state index is 13.3. The van der Waals surface area contributed by atoms with E-state index in [-0.39, 0.29) is 5.69 Å². The first kappa shape index (κ1) is 11.8. The zero-order chi connectivity index (χ0) is 12.6. The fourth-order valence-corrected chi connectivity index (χ4v) is 2.19. The maximum absolute atomic E-state index is 13.3. The van der Waals surface area contributed by atoms with Gasteiger partial charge in [-0.1, -0.05) is 13.8 Å². The highest BCUT2D eigenvalue weighted by Gasteiger charge is 2.27. The van der Waals surface area contributed by atoms with Gasteiger partial charge in [0.15, 0.2) is 0 Å². The summed E-state index contributed by atoms with van der Waals surface area (Å²) in [6, 6.07) is 3.75. The minimum atomic E-state index is -0.560. The van der Waals surface area contributed by atoms with Gasteiger partial charge in [0.1, 0.15) is 5.82 Å². The van der Waals surface area contributed by atoms with E-state index in [0.29, 0.717) is 17.5 Å². The van der Waals surface area contributed by atoms with E-state index >= 15 is 0 Å². The van der Waals surface area contributed by atoms with Gasteiger partial charge >= 0.3 is 0 Å². The van der Waals surface area contributed by atoms with E-state index < -0.39 is 10.7 Å². The van der Waals surface area contributed by atoms with Gasteiger partial charge in [0.2, 0.25) is 0 Å². The van der Waals surface area contributed by atoms with E-state index in [0.717, 1.165) is 19.2 Å². The van der Waals surface area contributed by atoms with Gasteiger partial charge in [0.05, 0.1) is 11.0 Å². The molecule has 0 radical (unpaired) electrons. The Morgan fingerprint density at radius 3 is 2.41 bits per heavy atom. The summed E-state index contributed by atoms with van der Waals surface area (Å²) in [5, 5.41) is 10.7. The Bertz CT molecular complexity index is 440. The molecule has 92 valence electrons. The standard InChI is InChI=1S/C12H15FN2O2/c1-8-6-14(7-9(8)2)11-3-10(13)4-12(5-11)15(16)17/h3-5,8-9H,6-7H2,1-2H3. The van der Waals surface area contributed by atoms with Gasteiger partial charge in [0.25, 0.3) is 5.69 Å². The molecule has 1 fully saturated rings. The number of hydrogen-bond acceptors (Lipinski definition) is 3. The van der Waals surface area contributed by atoms with Gasteiger partial charge in [0, 0.05) is 24.8 Å². The Kier molecular flexibility index (Phi) is 3.00. The summed E-state index contributed by atoms with van der Waals surface area (Å²) in [4.78, 5) is 12.1. The highest BCUT2D eigenvalue weighted by Crippen LogP contribution is 2.30. The van der Waals surface area contributed by atoms with Crippen molar-refractivity contribution in [1.82, 2.24) is 0 Å². The monoisotopic (exact) mass is 238 g/mol. The zero-order valence-corrected chi connectivity index (χ0v) is 9.89. The third kappa shape index (κ3) is 2.38. The fraction of sp³-hybridized carbons (Fsp3) is 0.500. The average Bonchev–Trinajstić information content (AvgIpc) is 2.58. The van der Waals surface area contributed by atoms with Gasteiger partial charge in [-0.3, -0.25) is 10.1 Å². The van der Waals surface area contributed by atoms with E-state index in [4.69, 9.17) is 0 Å². The first-order valence-electron chi connectivity index (χ1n) is 5.67. The van der Waals surface area contributed by atoms with E-state index in [2.05, 4.69) is 13.8 Å². The SMILES string of the molecule is CC1CN(c2cc(F)cc([N+](=O)[O-])c2)CC1C. The van der Waals surface area contributed by atoms with Crippen LogP contribution in [0.5, 0.6) is 0 Å². The van der Waals surface area contributed by atoms with Crippen LogP contribution in [0.2, 0.25) is 0 Å². The van der Waals surface area contributed by atoms with Crippen LogP contribution in [-0.2, 0) is 0 Å². The topological polar surface area (TPSA) is 46.4 Å². The molecule has 0 bridgehead atoms. The molecule has 1 aromatic rings. The second kappa shape index (κ2) is 4.31. The normalized spacial score (nSPS) is 24.1. The summed E-state index contributed by atoms with van der Waals surface area (Å²) in [6.45, 7) is 5.92. The third-order valence-electron chi connectivity index (χ3n) is 3.43. The molecule has 0 spiro atoms. The first-order valence-corrected chi connectivity index (χ1v) is 5.67. The van der Waals surface area contributed by atoms with E-state index in [1.807, 2.05) is 4.90 Å². The van der Waals surface area contributed by atoms with Crippen LogP contribution in [0.3, 0.4) is 0 Å². The second-order valence-electron chi connectivity index (χ2n) is 4.78. The van der Waals surface area contributed by atoms with Crippen molar-refractivity contribution in [2.75, 3.05) is 18.0 Å². The molecule has 0 aromatic heterocycles. The van der Waals surface area contributed by atoms with Crippen LogP contribution in [0.25, 0.3) is 0 Å². The second-order valence-corrected chi connectivity index (χ2v) is 4.78. The fourth-order valence-electron chi connectivity index (χ4n) is 2.19. The van der Waals surface area contributed by atoms with Gasteiger partial charge in [-0.15, -0.1) is 0 Å². The number of nitro benzene ring substituents is 1. The minimum absolute atomic E-state index is 0.188. The molecule has 2 atom stereocenters. The van der Waals surface area contributed by atoms with Crippen LogP contribution in [0.1, 0.15) is 13.8 Å². The summed E-state index contributed by atoms with van der Waals surface area (Å²) in [5.74, 6) is 0.496. The molecule has 0 N–H and O–H groups in total. The Balaban J connectivity index is 2.30. The third-order valence-corrected chi connectivity index (χ3v) is 3.43. The molecule has 5 heteroatoms. The minimum Gasteiger partial charge on any atom is -0.371 e. The lowest BCUT2D eigenvalue weighted by Crippen LogP contribution is -2.19. The molecule has 1 saturated heterocycles. The number of non-ortho nitro benzene ring substituents is 1. The molecule has 0 amide bonds. The molecule has 0 aliphatic carbocycles. The summed E-state index contributed by atoms with van der Waals surface area (Å²) >= 11 is 0. The van der Waals surface area contributed by atoms with Crippen LogP contribution in [0.15, 0.2) is 18.2 Å². The van der Waals surface area contributed by atoms with Crippen molar-refractivity contribution in [2.45, 2.75) is 13.8 Å². The van der Waals surface area contributed by atoms with E-state index in [9.17, 15) is 14.5 Å². The molecular formula is C12H15FN2O2. The largest absolute Gasteiger partial charge is 0.371 e. The van der Waals surface area contributed by atoms with Crippen molar-refractivity contribution in [1.29, 1.82) is 0 Å². The lowest BCUT2D eigenvalue weighted by molar-refractivity contribution is -0.385. The molecular weight excluding hydrogens is 223 g/mol. The Labute approximate surface area is 99.2 Å². The van der Waals surface area contributed by atoms with E-state index in [1.165, 1.54) is 12.1 Å². The summed E-state index contributed by atoms with van der Waals surface area (Å²) in [7, 11) is 0. The van der Waals surface area contributed by atoms with Gasteiger partial charge < -0.3 is 4.90 Å². The van der Waals surface area contributed by atoms with E-state index in [1.54, 1.807) is 0 Å². The van der Waals surface area contributed by atoms with Gasteiger partial charge in [-0.05, 0) is 17.9 Å². The molecule has 0 saturated carbocycles. The first-order chi connectivity index (χ1) is 7.97. The molecule has 2 unspecified atom stereocenters. The summed E-state index contributed by atoms with van der Waals surface area (Å²) < 4.78 is 13.3. The smallest absolute Gasteiger partial charge is 0.274 e. The highest BCUT2D eigenvalue weighted by atomic mass is 19.1. The zero-order valence-electron chi connectivity index (χ0n) is 9.89. The molecule has 1 heterocycles. The number of nitro groups is 1. The van der Waals surface area contributed by atoms with Gasteiger partial charge in [-0.2, -0.15) is 0 Å². The number of nitrogens with zero attached hydrogens (tertiary/aromatic N) is 2. The van der Waals surface area contributed by atoms with Crippen molar-refractivity contribution in [3.8, 4) is 0 Å². The molecule has 1 aliphatic rings. The number of hydrogen-bond donors (Lipinski definition) is 0. The molecule has 17 heavy (non-hydrogen) atoms. The molecule has 4 nitrogen and oxygen atoms in total. The highest BCUT2D eigenvalue weighted by molar-refractivity contribution is 5.54. The summed E-state index contributed by atoms with van der Waals surface area (Å²) in [6.07, 6.45) is 0. The predicted molar refractivity (Wildman–Crippen MR) is 63.6 cm³/mol. The van der Waals surface area contributed by atoms with Crippen LogP contribution in [-0.4, -0.2) is 18.0 Å². The lowest BCUT2D eigenvalue weighted by Gasteiger charge is -2.18. The number of benzene rings is 1. The molecule has 1 aliphatic heterocycles. The van der Waals surface area contributed by atoms with Crippen molar-refractivity contribution in [2.24, 2.45) is 11.8 Å². The average molecular weight is 238 g/mol. The van der Waals surface area contributed by atoms with Crippen molar-refractivity contribution >= 4 is 11.4 Å². The predicted octanol–water partition coefficient (Wildman–Crippen LogP) is 2.83. The quantitative estimate of drug-likeness (QED) is 0.588. The Hall–Kier alpha value is -1.65. The summed E-state index contributed by atoms with van der Waals surface area (Å²) in [5.41, 5.74) is 0.417. The number of rotatable bonds is 2. The Morgan fingerprint density at radius 2 is 1.88 bits per heavy atom. The maximum Gasteiger partial charge on any atom is 0.274 e. The van der Waals surface area contributed by atoms with Gasteiger partial charge in [-0.25, -0.2) is 4.39 Å². The number of anilines is 1. The van der Waals surface area contributed by atoms with Crippen LogP contribution in [0, 0.1) is 27.8 Å². The van der Waals surface area contributed by atoms with Crippen molar-refractivity contribution < 1.29 is 9.31 Å². The van der Waals surface area contributed by atoms with Crippen LogP contribution < -0.4 is 4.90 Å². The lowest BCUT2D eigenvalue weighted by atomic mass is 10.0. The Morgan fingerprint density at radius 1 is 1.29 bits per heavy atom. The van der Waals surface area contributed by atoms with Crippen molar-refractivity contribution in [3.05, 3.63) is 34.1 Å². The van der Waals surface area contributed by atoms with Crippen molar-refractivity contribution in [3.63, 3.8) is 0 Å². The van der Waals surface area contributed by atoms with Crippen LogP contribution in [0.4, 0.5) is 15.8 Å². The number of halogens is 1. The molecule has 2 rings (SSSR count). The molecule has 1 aromatic carbocycles.